The van der Waals surface area contributed by atoms with Crippen molar-refractivity contribution < 1.29 is 0 Å². The molecule has 1 heterocycles. The quantitative estimate of drug-likeness (QED) is 0.893. The third-order valence-corrected chi connectivity index (χ3v) is 2.97. The minimum Gasteiger partial charge on any atom is -0.366 e. The first-order chi connectivity index (χ1) is 8.65. The smallest absolute Gasteiger partial charge is 0.145 e. The molecule has 18 heavy (non-hydrogen) atoms. The van der Waals surface area contributed by atoms with Crippen molar-refractivity contribution in [1.82, 2.24) is 9.97 Å². The van der Waals surface area contributed by atoms with E-state index in [0.29, 0.717) is 6.04 Å². The molecule has 2 aromatic rings. The molecule has 0 aliphatic carbocycles. The summed E-state index contributed by atoms with van der Waals surface area (Å²) in [6.07, 6.45) is 2.78. The molecular formula is C15H19N3. The van der Waals surface area contributed by atoms with Crippen LogP contribution in [0.2, 0.25) is 0 Å². The van der Waals surface area contributed by atoms with E-state index in [9.17, 15) is 0 Å². The number of anilines is 1. The molecule has 3 nitrogen and oxygen atoms in total. The van der Waals surface area contributed by atoms with Gasteiger partial charge in [0, 0.05) is 6.04 Å². The lowest BCUT2D eigenvalue weighted by Gasteiger charge is -2.15. The van der Waals surface area contributed by atoms with E-state index in [1.807, 2.05) is 19.9 Å². The Kier molecular flexibility index (Phi) is 3.92. The zero-order valence-electron chi connectivity index (χ0n) is 11.1. The number of hydrogen-bond donors (Lipinski definition) is 1. The average Bonchev–Trinajstić information content (AvgIpc) is 2.35. The van der Waals surface area contributed by atoms with Gasteiger partial charge in [0.05, 0.1) is 17.6 Å². The molecule has 94 valence electrons. The number of nitrogens with one attached hydrogen (secondary N) is 1. The molecule has 0 radical (unpaired) electrons. The maximum absolute atomic E-state index is 4.48. The van der Waals surface area contributed by atoms with Gasteiger partial charge < -0.3 is 5.32 Å². The van der Waals surface area contributed by atoms with Crippen molar-refractivity contribution in [3.63, 3.8) is 0 Å². The Morgan fingerprint density at radius 2 is 1.83 bits per heavy atom. The number of hydrogen-bond acceptors (Lipinski definition) is 3. The molecule has 1 atom stereocenters. The van der Waals surface area contributed by atoms with Crippen LogP contribution in [0.5, 0.6) is 0 Å². The molecule has 1 aromatic heterocycles. The van der Waals surface area contributed by atoms with Gasteiger partial charge in [0.15, 0.2) is 0 Å². The second-order valence-electron chi connectivity index (χ2n) is 4.66. The van der Waals surface area contributed by atoms with Crippen molar-refractivity contribution in [2.24, 2.45) is 0 Å². The molecule has 2 rings (SSSR count). The van der Waals surface area contributed by atoms with Crippen molar-refractivity contribution >= 4 is 5.82 Å². The minimum absolute atomic E-state index is 0.337. The van der Waals surface area contributed by atoms with E-state index in [-0.39, 0.29) is 0 Å². The zero-order valence-corrected chi connectivity index (χ0v) is 11.1. The fourth-order valence-electron chi connectivity index (χ4n) is 1.88. The molecule has 0 aliphatic heterocycles. The van der Waals surface area contributed by atoms with Crippen LogP contribution in [-0.4, -0.2) is 16.0 Å². The molecule has 1 aromatic carbocycles. The van der Waals surface area contributed by atoms with Gasteiger partial charge in [0.1, 0.15) is 5.82 Å². The summed E-state index contributed by atoms with van der Waals surface area (Å²) >= 11 is 0. The van der Waals surface area contributed by atoms with Crippen LogP contribution in [0.1, 0.15) is 23.9 Å². The third kappa shape index (κ3) is 3.29. The summed E-state index contributed by atoms with van der Waals surface area (Å²) in [6, 6.07) is 10.8. The highest BCUT2D eigenvalue weighted by atomic mass is 15.0. The van der Waals surface area contributed by atoms with Gasteiger partial charge in [0.2, 0.25) is 0 Å². The highest BCUT2D eigenvalue weighted by Crippen LogP contribution is 2.10. The van der Waals surface area contributed by atoms with Crippen LogP contribution in [0.15, 0.2) is 36.5 Å². The summed E-state index contributed by atoms with van der Waals surface area (Å²) in [4.78, 5) is 8.79. The van der Waals surface area contributed by atoms with Crippen LogP contribution in [0, 0.1) is 13.8 Å². The van der Waals surface area contributed by atoms with Gasteiger partial charge >= 0.3 is 0 Å². The number of aryl methyl sites for hydroxylation is 2. The summed E-state index contributed by atoms with van der Waals surface area (Å²) in [7, 11) is 0. The summed E-state index contributed by atoms with van der Waals surface area (Å²) in [6.45, 7) is 6.11. The predicted octanol–water partition coefficient (Wildman–Crippen LogP) is 3.14. The minimum atomic E-state index is 0.337. The summed E-state index contributed by atoms with van der Waals surface area (Å²) in [5, 5.41) is 3.38. The first-order valence-corrected chi connectivity index (χ1v) is 6.26. The molecular weight excluding hydrogens is 222 g/mol. The van der Waals surface area contributed by atoms with Crippen molar-refractivity contribution in [3.05, 3.63) is 53.5 Å². The number of nitrogens with zero attached hydrogens (tertiary/aromatic N) is 2. The van der Waals surface area contributed by atoms with Gasteiger partial charge in [-0.2, -0.15) is 0 Å². The standard InChI is InChI=1S/C15H19N3/c1-11(9-14-7-5-4-6-8-14)17-15-10-16-12(2)13(3)18-15/h4-8,10-11H,9H2,1-3H3,(H,17,18). The Balaban J connectivity index is 1.99. The van der Waals surface area contributed by atoms with E-state index in [1.54, 1.807) is 6.20 Å². The Labute approximate surface area is 108 Å². The SMILES string of the molecule is Cc1ncc(NC(C)Cc2ccccc2)nc1C. The molecule has 3 heteroatoms. The first-order valence-electron chi connectivity index (χ1n) is 6.26. The Morgan fingerprint density at radius 1 is 1.11 bits per heavy atom. The Hall–Kier alpha value is -1.90. The van der Waals surface area contributed by atoms with Gasteiger partial charge in [-0.1, -0.05) is 30.3 Å². The average molecular weight is 241 g/mol. The van der Waals surface area contributed by atoms with Gasteiger partial charge in [-0.3, -0.25) is 4.98 Å². The number of aromatic nitrogens is 2. The van der Waals surface area contributed by atoms with E-state index < -0.39 is 0 Å². The molecule has 0 aliphatic rings. The van der Waals surface area contributed by atoms with Gasteiger partial charge in [-0.15, -0.1) is 0 Å². The lowest BCUT2D eigenvalue weighted by Crippen LogP contribution is -2.19. The van der Waals surface area contributed by atoms with E-state index in [1.165, 1.54) is 5.56 Å². The number of rotatable bonds is 4. The fourth-order valence-corrected chi connectivity index (χ4v) is 1.88. The fraction of sp³-hybridized carbons (Fsp3) is 0.333. The summed E-state index contributed by atoms with van der Waals surface area (Å²) in [5.41, 5.74) is 3.29. The van der Waals surface area contributed by atoms with Crippen molar-refractivity contribution in [1.29, 1.82) is 0 Å². The van der Waals surface area contributed by atoms with Crippen LogP contribution in [0.25, 0.3) is 0 Å². The topological polar surface area (TPSA) is 37.8 Å². The zero-order chi connectivity index (χ0) is 13.0. The van der Waals surface area contributed by atoms with Crippen LogP contribution >= 0.6 is 0 Å². The van der Waals surface area contributed by atoms with E-state index >= 15 is 0 Å². The van der Waals surface area contributed by atoms with Crippen LogP contribution in [0.4, 0.5) is 5.82 Å². The van der Waals surface area contributed by atoms with Gasteiger partial charge in [-0.05, 0) is 32.8 Å². The Bertz CT molecular complexity index is 508. The molecule has 0 bridgehead atoms. The van der Waals surface area contributed by atoms with Crippen LogP contribution in [-0.2, 0) is 6.42 Å². The summed E-state index contributed by atoms with van der Waals surface area (Å²) in [5.74, 6) is 0.849. The molecule has 0 fully saturated rings. The lowest BCUT2D eigenvalue weighted by atomic mass is 10.1. The van der Waals surface area contributed by atoms with Gasteiger partial charge in [-0.25, -0.2) is 4.98 Å². The molecule has 1 unspecified atom stereocenters. The number of benzene rings is 1. The summed E-state index contributed by atoms with van der Waals surface area (Å²) < 4.78 is 0. The first kappa shape index (κ1) is 12.6. The van der Waals surface area contributed by atoms with Crippen molar-refractivity contribution in [3.8, 4) is 0 Å². The van der Waals surface area contributed by atoms with Crippen LogP contribution < -0.4 is 5.32 Å². The highest BCUT2D eigenvalue weighted by molar-refractivity contribution is 5.35. The van der Waals surface area contributed by atoms with Crippen molar-refractivity contribution in [2.45, 2.75) is 33.2 Å². The predicted molar refractivity (Wildman–Crippen MR) is 74.7 cm³/mol. The second-order valence-corrected chi connectivity index (χ2v) is 4.66. The monoisotopic (exact) mass is 241 g/mol. The maximum Gasteiger partial charge on any atom is 0.145 e. The van der Waals surface area contributed by atoms with E-state index in [4.69, 9.17) is 0 Å². The molecule has 0 amide bonds. The molecule has 0 saturated carbocycles. The largest absolute Gasteiger partial charge is 0.366 e. The second kappa shape index (κ2) is 5.63. The van der Waals surface area contributed by atoms with E-state index in [2.05, 4.69) is 46.5 Å². The Morgan fingerprint density at radius 3 is 2.50 bits per heavy atom. The molecule has 1 N–H and O–H groups in total. The maximum atomic E-state index is 4.48. The van der Waals surface area contributed by atoms with Crippen molar-refractivity contribution in [2.75, 3.05) is 5.32 Å². The molecule has 0 saturated heterocycles. The highest BCUT2D eigenvalue weighted by Gasteiger charge is 2.05. The normalized spacial score (nSPS) is 12.2. The van der Waals surface area contributed by atoms with Gasteiger partial charge in [0.25, 0.3) is 0 Å². The van der Waals surface area contributed by atoms with E-state index in [0.717, 1.165) is 23.6 Å². The van der Waals surface area contributed by atoms with Crippen LogP contribution in [0.3, 0.4) is 0 Å². The molecule has 0 spiro atoms. The third-order valence-electron chi connectivity index (χ3n) is 2.97. The lowest BCUT2D eigenvalue weighted by molar-refractivity contribution is 0.781.